The van der Waals surface area contributed by atoms with Crippen LogP contribution >= 0.6 is 11.3 Å². The van der Waals surface area contributed by atoms with E-state index < -0.39 is 0 Å². The van der Waals surface area contributed by atoms with E-state index in [0.29, 0.717) is 31.3 Å². The number of amides is 2. The van der Waals surface area contributed by atoms with Gasteiger partial charge in [0.2, 0.25) is 16.9 Å². The van der Waals surface area contributed by atoms with Gasteiger partial charge in [0.15, 0.2) is 0 Å². The molecule has 1 aromatic heterocycles. The van der Waals surface area contributed by atoms with Crippen molar-refractivity contribution in [1.29, 1.82) is 0 Å². The molecule has 0 unspecified atom stereocenters. The van der Waals surface area contributed by atoms with Gasteiger partial charge in [-0.2, -0.15) is 0 Å². The Hall–Kier alpha value is -2.55. The second-order valence-corrected chi connectivity index (χ2v) is 7.71. The number of benzene rings is 1. The quantitative estimate of drug-likeness (QED) is 0.766. The number of hydrogen-bond acceptors (Lipinski definition) is 6. The first-order valence-corrected chi connectivity index (χ1v) is 10.3. The molecule has 0 saturated carbocycles. The van der Waals surface area contributed by atoms with Crippen molar-refractivity contribution in [1.82, 2.24) is 15.1 Å². The Morgan fingerprint density at radius 2 is 1.82 bits per heavy atom. The Bertz CT molecular complexity index is 803. The summed E-state index contributed by atoms with van der Waals surface area (Å²) in [6.07, 6.45) is 2.12. The summed E-state index contributed by atoms with van der Waals surface area (Å²) in [6, 6.07) is 6.37. The summed E-state index contributed by atoms with van der Waals surface area (Å²) in [6.45, 7) is 4.62. The van der Waals surface area contributed by atoms with Crippen molar-refractivity contribution in [3.05, 3.63) is 35.1 Å². The van der Waals surface area contributed by atoms with Crippen molar-refractivity contribution in [3.8, 4) is 0 Å². The van der Waals surface area contributed by atoms with Crippen molar-refractivity contribution in [2.75, 3.05) is 36.4 Å². The smallest absolute Gasteiger partial charge is 0.226 e. The molecule has 1 aliphatic heterocycles. The van der Waals surface area contributed by atoms with Gasteiger partial charge in [0.05, 0.1) is 0 Å². The van der Waals surface area contributed by atoms with Crippen LogP contribution in [0.5, 0.6) is 0 Å². The van der Waals surface area contributed by atoms with Crippen LogP contribution in [-0.4, -0.2) is 53.1 Å². The number of piperazine rings is 1. The number of halogens is 1. The summed E-state index contributed by atoms with van der Waals surface area (Å²) < 4.78 is 13.0. The topological polar surface area (TPSA) is 78.4 Å². The Labute approximate surface area is 167 Å². The minimum Gasteiger partial charge on any atom is -0.368 e. The monoisotopic (exact) mass is 405 g/mol. The van der Waals surface area contributed by atoms with Gasteiger partial charge in [-0.3, -0.25) is 9.59 Å². The van der Waals surface area contributed by atoms with Crippen LogP contribution in [0.1, 0.15) is 31.2 Å². The molecule has 0 aliphatic carbocycles. The molecular formula is C19H24FN5O2S. The molecule has 2 aromatic rings. The standard InChI is InChI=1S/C19H24FN5O2S/c1-2-3-17-22-23-19(28-17)21-16(26)8-9-18(27)25-12-10-24(11-13-25)15-6-4-14(20)5-7-15/h4-7H,2-3,8-13H2,1H3,(H,21,23,26). The summed E-state index contributed by atoms with van der Waals surface area (Å²) in [5.41, 5.74) is 0.951. The Morgan fingerprint density at radius 3 is 2.50 bits per heavy atom. The normalized spacial score (nSPS) is 14.2. The highest BCUT2D eigenvalue weighted by atomic mass is 32.1. The zero-order valence-electron chi connectivity index (χ0n) is 15.9. The van der Waals surface area contributed by atoms with Gasteiger partial charge < -0.3 is 15.1 Å². The number of carbonyl (C=O) groups excluding carboxylic acids is 2. The molecule has 0 spiro atoms. The summed E-state index contributed by atoms with van der Waals surface area (Å²) in [7, 11) is 0. The molecule has 9 heteroatoms. The van der Waals surface area contributed by atoms with Crippen LogP contribution in [0.4, 0.5) is 15.2 Å². The van der Waals surface area contributed by atoms with Gasteiger partial charge in [-0.1, -0.05) is 18.3 Å². The number of rotatable bonds is 7. The van der Waals surface area contributed by atoms with E-state index in [-0.39, 0.29) is 30.5 Å². The summed E-state index contributed by atoms with van der Waals surface area (Å²) in [5, 5.41) is 12.0. The summed E-state index contributed by atoms with van der Waals surface area (Å²) >= 11 is 1.37. The van der Waals surface area contributed by atoms with Crippen LogP contribution < -0.4 is 10.2 Å². The van der Waals surface area contributed by atoms with Gasteiger partial charge in [-0.05, 0) is 30.7 Å². The lowest BCUT2D eigenvalue weighted by Gasteiger charge is -2.36. The van der Waals surface area contributed by atoms with Crippen LogP contribution in [0.2, 0.25) is 0 Å². The SMILES string of the molecule is CCCc1nnc(NC(=O)CCC(=O)N2CCN(c3ccc(F)cc3)CC2)s1. The average Bonchev–Trinajstić information content (AvgIpc) is 3.14. The lowest BCUT2D eigenvalue weighted by molar-refractivity contribution is -0.133. The summed E-state index contributed by atoms with van der Waals surface area (Å²) in [5.74, 6) is -0.513. The number of aromatic nitrogens is 2. The molecule has 28 heavy (non-hydrogen) atoms. The number of anilines is 2. The van der Waals surface area contributed by atoms with Gasteiger partial charge in [0, 0.05) is 51.1 Å². The van der Waals surface area contributed by atoms with Gasteiger partial charge >= 0.3 is 0 Å². The highest BCUT2D eigenvalue weighted by Gasteiger charge is 2.22. The first-order valence-electron chi connectivity index (χ1n) is 9.45. The first kappa shape index (κ1) is 20.2. The molecule has 1 aromatic carbocycles. The maximum atomic E-state index is 13.0. The Balaban J connectivity index is 1.40. The molecule has 0 bridgehead atoms. The summed E-state index contributed by atoms with van der Waals surface area (Å²) in [4.78, 5) is 28.3. The van der Waals surface area contributed by atoms with Crippen molar-refractivity contribution < 1.29 is 14.0 Å². The number of carbonyl (C=O) groups is 2. The molecule has 7 nitrogen and oxygen atoms in total. The Morgan fingerprint density at radius 1 is 1.11 bits per heavy atom. The van der Waals surface area contributed by atoms with Crippen molar-refractivity contribution in [2.45, 2.75) is 32.6 Å². The van der Waals surface area contributed by atoms with Crippen molar-refractivity contribution in [2.24, 2.45) is 0 Å². The van der Waals surface area contributed by atoms with E-state index in [2.05, 4.69) is 27.3 Å². The first-order chi connectivity index (χ1) is 13.5. The number of aryl methyl sites for hydroxylation is 1. The molecule has 1 N–H and O–H groups in total. The molecule has 3 rings (SSSR count). The van der Waals surface area contributed by atoms with Crippen LogP contribution in [0.3, 0.4) is 0 Å². The highest BCUT2D eigenvalue weighted by molar-refractivity contribution is 7.15. The number of hydrogen-bond donors (Lipinski definition) is 1. The molecule has 2 amide bonds. The van der Waals surface area contributed by atoms with E-state index in [1.54, 1.807) is 17.0 Å². The van der Waals surface area contributed by atoms with Crippen LogP contribution in [0.15, 0.2) is 24.3 Å². The second-order valence-electron chi connectivity index (χ2n) is 6.64. The largest absolute Gasteiger partial charge is 0.368 e. The number of nitrogens with zero attached hydrogens (tertiary/aromatic N) is 4. The third-order valence-corrected chi connectivity index (χ3v) is 5.47. The second kappa shape index (κ2) is 9.59. The van der Waals surface area contributed by atoms with E-state index >= 15 is 0 Å². The van der Waals surface area contributed by atoms with Gasteiger partial charge in [0.25, 0.3) is 0 Å². The maximum absolute atomic E-state index is 13.0. The maximum Gasteiger partial charge on any atom is 0.226 e. The van der Waals surface area contributed by atoms with Gasteiger partial charge in [-0.25, -0.2) is 4.39 Å². The highest BCUT2D eigenvalue weighted by Crippen LogP contribution is 2.18. The molecule has 1 saturated heterocycles. The van der Waals surface area contributed by atoms with E-state index in [4.69, 9.17) is 0 Å². The molecule has 150 valence electrons. The third-order valence-electron chi connectivity index (χ3n) is 4.57. The van der Waals surface area contributed by atoms with Crippen LogP contribution in [-0.2, 0) is 16.0 Å². The molecule has 0 atom stereocenters. The Kier molecular flexibility index (Phi) is 6.91. The average molecular weight is 405 g/mol. The van der Waals surface area contributed by atoms with E-state index in [0.717, 1.165) is 23.5 Å². The molecule has 1 fully saturated rings. The van der Waals surface area contributed by atoms with Crippen molar-refractivity contribution in [3.63, 3.8) is 0 Å². The number of nitrogens with one attached hydrogen (secondary N) is 1. The van der Waals surface area contributed by atoms with Crippen LogP contribution in [0.25, 0.3) is 0 Å². The fourth-order valence-corrected chi connectivity index (χ4v) is 3.90. The zero-order valence-corrected chi connectivity index (χ0v) is 16.7. The predicted octanol–water partition coefficient (Wildman–Crippen LogP) is 2.70. The lowest BCUT2D eigenvalue weighted by atomic mass is 10.2. The van der Waals surface area contributed by atoms with Crippen LogP contribution in [0, 0.1) is 5.82 Å². The lowest BCUT2D eigenvalue weighted by Crippen LogP contribution is -2.48. The minimum absolute atomic E-state index is 0.0298. The van der Waals surface area contributed by atoms with Gasteiger partial charge in [0.1, 0.15) is 10.8 Å². The fraction of sp³-hybridized carbons (Fsp3) is 0.474. The minimum atomic E-state index is -0.258. The van der Waals surface area contributed by atoms with E-state index in [1.807, 2.05) is 0 Å². The van der Waals surface area contributed by atoms with E-state index in [9.17, 15) is 14.0 Å². The zero-order chi connectivity index (χ0) is 19.9. The predicted molar refractivity (Wildman–Crippen MR) is 107 cm³/mol. The third kappa shape index (κ3) is 5.48. The molecule has 0 radical (unpaired) electrons. The van der Waals surface area contributed by atoms with Crippen molar-refractivity contribution >= 4 is 34.0 Å². The molecule has 2 heterocycles. The molecular weight excluding hydrogens is 381 g/mol. The van der Waals surface area contributed by atoms with Gasteiger partial charge in [-0.15, -0.1) is 10.2 Å². The fourth-order valence-electron chi connectivity index (χ4n) is 3.05. The van der Waals surface area contributed by atoms with E-state index in [1.165, 1.54) is 23.5 Å². The molecule has 1 aliphatic rings.